The minimum Gasteiger partial charge on any atom is -0.504 e. The number of benzene rings is 1. The fraction of sp³-hybridized carbons (Fsp3) is 0.588. The molecule has 0 amide bonds. The summed E-state index contributed by atoms with van der Waals surface area (Å²) >= 11 is 0. The van der Waals surface area contributed by atoms with Crippen LogP contribution in [0.3, 0.4) is 0 Å². The van der Waals surface area contributed by atoms with Gasteiger partial charge in [-0.1, -0.05) is 26.0 Å². The van der Waals surface area contributed by atoms with Gasteiger partial charge in [-0.05, 0) is 31.7 Å². The van der Waals surface area contributed by atoms with Crippen molar-refractivity contribution < 1.29 is 9.84 Å². The van der Waals surface area contributed by atoms with Crippen LogP contribution in [0.5, 0.6) is 11.5 Å². The van der Waals surface area contributed by atoms with Crippen LogP contribution in [0.4, 0.5) is 0 Å². The number of phenols is 1. The van der Waals surface area contributed by atoms with E-state index >= 15 is 0 Å². The highest BCUT2D eigenvalue weighted by molar-refractivity contribution is 14.0. The molecule has 0 aliphatic rings. The van der Waals surface area contributed by atoms with Crippen molar-refractivity contribution in [1.29, 1.82) is 0 Å². The molecular formula is C17H30IN3O2. The summed E-state index contributed by atoms with van der Waals surface area (Å²) < 4.78 is 5.11. The Balaban J connectivity index is 0.00000484. The molecule has 1 aromatic carbocycles. The first kappa shape index (κ1) is 21.8. The topological polar surface area (TPSA) is 65.9 Å². The lowest BCUT2D eigenvalue weighted by Gasteiger charge is -2.12. The highest BCUT2D eigenvalue weighted by atomic mass is 127. The van der Waals surface area contributed by atoms with E-state index in [-0.39, 0.29) is 29.7 Å². The van der Waals surface area contributed by atoms with Crippen LogP contribution >= 0.6 is 24.0 Å². The molecule has 3 N–H and O–H groups in total. The number of phenolic OH excluding ortho intramolecular Hbond substituents is 1. The van der Waals surface area contributed by atoms with Crippen LogP contribution in [0.1, 0.15) is 39.2 Å². The van der Waals surface area contributed by atoms with Crippen LogP contribution in [0.2, 0.25) is 0 Å². The van der Waals surface area contributed by atoms with E-state index in [1.54, 1.807) is 13.2 Å². The molecule has 0 fully saturated rings. The second-order valence-corrected chi connectivity index (χ2v) is 5.63. The Morgan fingerprint density at radius 2 is 2.04 bits per heavy atom. The fourth-order valence-corrected chi connectivity index (χ4v) is 2.08. The molecule has 132 valence electrons. The lowest BCUT2D eigenvalue weighted by Crippen LogP contribution is -2.37. The van der Waals surface area contributed by atoms with Gasteiger partial charge in [-0.2, -0.15) is 0 Å². The van der Waals surface area contributed by atoms with Gasteiger partial charge >= 0.3 is 0 Å². The molecule has 0 atom stereocenters. The number of halogens is 1. The number of nitrogens with zero attached hydrogens (tertiary/aromatic N) is 1. The summed E-state index contributed by atoms with van der Waals surface area (Å²) in [6.45, 7) is 8.60. The number of aliphatic imine (C=N–C) groups is 1. The number of aromatic hydroxyl groups is 1. The standard InChI is InChI=1S/C17H29N3O2.HI/c1-5-18-17(19-11-7-8-13(2)3)20-12-14-9-6-10-15(22-4)16(14)21;/h6,9-10,13,21H,5,7-8,11-12H2,1-4H3,(H2,18,19,20);1H. The van der Waals surface area contributed by atoms with Gasteiger partial charge in [0.15, 0.2) is 17.5 Å². The molecule has 0 aliphatic heterocycles. The smallest absolute Gasteiger partial charge is 0.191 e. The SMILES string of the molecule is CCNC(=NCc1cccc(OC)c1O)NCCCC(C)C.I. The van der Waals surface area contributed by atoms with E-state index in [2.05, 4.69) is 29.5 Å². The number of ether oxygens (including phenoxy) is 1. The van der Waals surface area contributed by atoms with Crippen molar-refractivity contribution in [3.63, 3.8) is 0 Å². The molecule has 23 heavy (non-hydrogen) atoms. The summed E-state index contributed by atoms with van der Waals surface area (Å²) in [6, 6.07) is 5.44. The average Bonchev–Trinajstić information content (AvgIpc) is 2.50. The number of nitrogens with one attached hydrogen (secondary N) is 2. The number of guanidine groups is 1. The van der Waals surface area contributed by atoms with Gasteiger partial charge in [0, 0.05) is 18.7 Å². The van der Waals surface area contributed by atoms with Crippen LogP contribution in [-0.4, -0.2) is 31.3 Å². The lowest BCUT2D eigenvalue weighted by atomic mass is 10.1. The van der Waals surface area contributed by atoms with Gasteiger partial charge in [0.2, 0.25) is 0 Å². The summed E-state index contributed by atoms with van der Waals surface area (Å²) in [5.41, 5.74) is 0.749. The third-order valence-corrected chi connectivity index (χ3v) is 3.30. The summed E-state index contributed by atoms with van der Waals surface area (Å²) in [7, 11) is 1.54. The molecule has 0 aliphatic carbocycles. The summed E-state index contributed by atoms with van der Waals surface area (Å²) in [4.78, 5) is 4.52. The number of methoxy groups -OCH3 is 1. The Hall–Kier alpha value is -1.18. The molecular weight excluding hydrogens is 405 g/mol. The molecule has 1 aromatic rings. The lowest BCUT2D eigenvalue weighted by molar-refractivity contribution is 0.370. The molecule has 0 spiro atoms. The van der Waals surface area contributed by atoms with Crippen LogP contribution in [0.15, 0.2) is 23.2 Å². The Bertz CT molecular complexity index is 479. The monoisotopic (exact) mass is 435 g/mol. The minimum absolute atomic E-state index is 0. The molecule has 6 heteroatoms. The first-order chi connectivity index (χ1) is 10.6. The molecule has 0 heterocycles. The van der Waals surface area contributed by atoms with E-state index < -0.39 is 0 Å². The zero-order valence-electron chi connectivity index (χ0n) is 14.6. The van der Waals surface area contributed by atoms with Crippen molar-refractivity contribution in [2.24, 2.45) is 10.9 Å². The first-order valence-corrected chi connectivity index (χ1v) is 7.95. The fourth-order valence-electron chi connectivity index (χ4n) is 2.08. The Morgan fingerprint density at radius 3 is 2.65 bits per heavy atom. The van der Waals surface area contributed by atoms with Gasteiger partial charge in [0.05, 0.1) is 13.7 Å². The first-order valence-electron chi connectivity index (χ1n) is 7.95. The van der Waals surface area contributed by atoms with Crippen LogP contribution in [0, 0.1) is 5.92 Å². The molecule has 0 unspecified atom stereocenters. The highest BCUT2D eigenvalue weighted by Gasteiger charge is 2.07. The average molecular weight is 435 g/mol. The quantitative estimate of drug-likeness (QED) is 0.253. The normalized spacial score (nSPS) is 11.1. The van der Waals surface area contributed by atoms with Gasteiger partial charge in [-0.3, -0.25) is 0 Å². The highest BCUT2D eigenvalue weighted by Crippen LogP contribution is 2.29. The molecule has 1 rings (SSSR count). The Labute approximate surface area is 156 Å². The Morgan fingerprint density at radius 1 is 1.30 bits per heavy atom. The maximum absolute atomic E-state index is 10.1. The minimum atomic E-state index is 0. The molecule has 5 nitrogen and oxygen atoms in total. The maximum atomic E-state index is 10.1. The summed E-state index contributed by atoms with van der Waals surface area (Å²) in [6.07, 6.45) is 2.32. The van der Waals surface area contributed by atoms with Crippen LogP contribution in [0.25, 0.3) is 0 Å². The predicted octanol–water partition coefficient (Wildman–Crippen LogP) is 3.51. The number of rotatable bonds is 8. The second kappa shape index (κ2) is 12.3. The van der Waals surface area contributed by atoms with Crippen molar-refractivity contribution in [3.8, 4) is 11.5 Å². The van der Waals surface area contributed by atoms with Gasteiger partial charge in [0.1, 0.15) is 0 Å². The number of hydrogen-bond acceptors (Lipinski definition) is 3. The zero-order chi connectivity index (χ0) is 16.4. The van der Waals surface area contributed by atoms with Gasteiger partial charge in [-0.15, -0.1) is 24.0 Å². The largest absolute Gasteiger partial charge is 0.504 e. The third-order valence-electron chi connectivity index (χ3n) is 3.30. The van der Waals surface area contributed by atoms with Crippen molar-refractivity contribution in [1.82, 2.24) is 10.6 Å². The molecule has 0 aromatic heterocycles. The zero-order valence-corrected chi connectivity index (χ0v) is 16.9. The van der Waals surface area contributed by atoms with Crippen molar-refractivity contribution in [2.75, 3.05) is 20.2 Å². The van der Waals surface area contributed by atoms with E-state index in [4.69, 9.17) is 4.74 Å². The van der Waals surface area contributed by atoms with Crippen molar-refractivity contribution >= 4 is 29.9 Å². The van der Waals surface area contributed by atoms with E-state index in [0.29, 0.717) is 12.3 Å². The molecule has 0 saturated heterocycles. The Kier molecular flexibility index (Phi) is 11.6. The van der Waals surface area contributed by atoms with Gasteiger partial charge in [-0.25, -0.2) is 4.99 Å². The predicted molar refractivity (Wildman–Crippen MR) is 107 cm³/mol. The second-order valence-electron chi connectivity index (χ2n) is 5.63. The van der Waals surface area contributed by atoms with E-state index in [0.717, 1.165) is 37.0 Å². The molecule has 0 radical (unpaired) electrons. The van der Waals surface area contributed by atoms with E-state index in [9.17, 15) is 5.11 Å². The van der Waals surface area contributed by atoms with Crippen molar-refractivity contribution in [3.05, 3.63) is 23.8 Å². The molecule has 0 saturated carbocycles. The summed E-state index contributed by atoms with van der Waals surface area (Å²) in [5.74, 6) is 2.12. The van der Waals surface area contributed by atoms with Gasteiger partial charge < -0.3 is 20.5 Å². The van der Waals surface area contributed by atoms with Crippen molar-refractivity contribution in [2.45, 2.75) is 40.2 Å². The molecule has 0 bridgehead atoms. The van der Waals surface area contributed by atoms with Crippen LogP contribution < -0.4 is 15.4 Å². The number of para-hydroxylation sites is 1. The number of hydrogen-bond donors (Lipinski definition) is 3. The van der Waals surface area contributed by atoms with E-state index in [1.807, 2.05) is 19.1 Å². The van der Waals surface area contributed by atoms with Gasteiger partial charge in [0.25, 0.3) is 0 Å². The van der Waals surface area contributed by atoms with Crippen LogP contribution in [-0.2, 0) is 6.54 Å². The third kappa shape index (κ3) is 8.29. The summed E-state index contributed by atoms with van der Waals surface area (Å²) in [5, 5.41) is 16.6. The van der Waals surface area contributed by atoms with E-state index in [1.165, 1.54) is 6.42 Å². The maximum Gasteiger partial charge on any atom is 0.191 e.